The molecule has 6 heteroatoms. The molecule has 2 nitrogen and oxygen atoms in total. The van der Waals surface area contributed by atoms with Crippen LogP contribution in [0.2, 0.25) is 0 Å². The van der Waals surface area contributed by atoms with E-state index < -0.39 is 6.36 Å². The second-order valence-corrected chi connectivity index (χ2v) is 3.63. The number of ether oxygens (including phenoxy) is 1. The van der Waals surface area contributed by atoms with Crippen molar-refractivity contribution in [2.75, 3.05) is 0 Å². The van der Waals surface area contributed by atoms with Crippen molar-refractivity contribution in [2.24, 2.45) is 0 Å². The Labute approximate surface area is 87.5 Å². The highest BCUT2D eigenvalue weighted by Gasteiger charge is 2.32. The van der Waals surface area contributed by atoms with E-state index in [2.05, 4.69) is 4.74 Å². The number of halogens is 4. The van der Waals surface area contributed by atoms with E-state index in [0.29, 0.717) is 0 Å². The number of rotatable bonds is 1. The third-order valence-corrected chi connectivity index (χ3v) is 2.61. The van der Waals surface area contributed by atoms with Gasteiger partial charge in [-0.2, -0.15) is 0 Å². The van der Waals surface area contributed by atoms with Gasteiger partial charge >= 0.3 is 6.36 Å². The van der Waals surface area contributed by atoms with E-state index >= 15 is 0 Å². The largest absolute Gasteiger partial charge is 0.573 e. The normalized spacial score (nSPS) is 23.0. The highest BCUT2D eigenvalue weighted by Crippen LogP contribution is 2.25. The van der Waals surface area contributed by atoms with Crippen molar-refractivity contribution in [1.29, 1.82) is 0 Å². The Kier molecular flexibility index (Phi) is 3.09. The summed E-state index contributed by atoms with van der Waals surface area (Å²) in [6.07, 6.45) is -0.393. The van der Waals surface area contributed by atoms with Crippen LogP contribution in [0.4, 0.5) is 13.2 Å². The second-order valence-electron chi connectivity index (χ2n) is 2.52. The van der Waals surface area contributed by atoms with Gasteiger partial charge in [0.1, 0.15) is 5.76 Å². The van der Waals surface area contributed by atoms with E-state index in [0.717, 1.165) is 0 Å². The van der Waals surface area contributed by atoms with Crippen LogP contribution in [0.1, 0.15) is 6.92 Å². The molecular formula is C7H7F3INO. The van der Waals surface area contributed by atoms with Gasteiger partial charge < -0.3 is 7.85 Å². The Morgan fingerprint density at radius 3 is 2.62 bits per heavy atom. The van der Waals surface area contributed by atoms with Gasteiger partial charge in [0.25, 0.3) is 0 Å². The smallest absolute Gasteiger partial charge is 0.406 e. The molecule has 0 N–H and O–H groups in total. The molecule has 0 saturated heterocycles. The first-order valence-electron chi connectivity index (χ1n) is 3.48. The zero-order valence-electron chi connectivity index (χ0n) is 6.68. The molecule has 1 rings (SSSR count). The van der Waals surface area contributed by atoms with Gasteiger partial charge in [0.2, 0.25) is 0 Å². The summed E-state index contributed by atoms with van der Waals surface area (Å²) in [7, 11) is 0. The zero-order chi connectivity index (χ0) is 10.1. The minimum atomic E-state index is -4.61. The molecule has 0 radical (unpaired) electrons. The molecule has 0 unspecified atom stereocenters. The van der Waals surface area contributed by atoms with Crippen molar-refractivity contribution in [3.05, 3.63) is 24.1 Å². The third-order valence-electron chi connectivity index (χ3n) is 1.41. The van der Waals surface area contributed by atoms with Crippen LogP contribution in [0.3, 0.4) is 0 Å². The van der Waals surface area contributed by atoms with Crippen molar-refractivity contribution < 1.29 is 17.9 Å². The molecule has 0 saturated carbocycles. The SMILES string of the molecule is C[C@H]1C=C(OC(F)(F)F)C=CN1I. The Hall–Kier alpha value is -0.400. The van der Waals surface area contributed by atoms with Gasteiger partial charge in [-0.15, -0.1) is 13.2 Å². The molecule has 1 heterocycles. The number of allylic oxidation sites excluding steroid dienone is 1. The summed E-state index contributed by atoms with van der Waals surface area (Å²) in [5.41, 5.74) is 0. The van der Waals surface area contributed by atoms with Crippen molar-refractivity contribution in [1.82, 2.24) is 3.11 Å². The molecule has 0 aromatic rings. The lowest BCUT2D eigenvalue weighted by atomic mass is 10.2. The fraction of sp³-hybridized carbons (Fsp3) is 0.429. The molecule has 1 aliphatic heterocycles. The van der Waals surface area contributed by atoms with Crippen molar-refractivity contribution in [3.8, 4) is 0 Å². The van der Waals surface area contributed by atoms with E-state index in [4.69, 9.17) is 0 Å². The van der Waals surface area contributed by atoms with Crippen molar-refractivity contribution >= 4 is 22.9 Å². The van der Waals surface area contributed by atoms with Gasteiger partial charge in [-0.25, -0.2) is 0 Å². The molecular weight excluding hydrogens is 298 g/mol. The number of hydrogen-bond acceptors (Lipinski definition) is 2. The zero-order valence-corrected chi connectivity index (χ0v) is 8.83. The Bertz CT molecular complexity index is 249. The van der Waals surface area contributed by atoms with Crippen molar-refractivity contribution in [2.45, 2.75) is 19.3 Å². The average Bonchev–Trinajstić information content (AvgIpc) is 1.94. The number of hydrogen-bond donors (Lipinski definition) is 0. The van der Waals surface area contributed by atoms with Crippen LogP contribution in [0.5, 0.6) is 0 Å². The standard InChI is InChI=1S/C7H7F3INO/c1-5-4-6(2-3-12(5)11)13-7(8,9)10/h2-5H,1H3/t5-/m0/s1. The Morgan fingerprint density at radius 2 is 2.15 bits per heavy atom. The van der Waals surface area contributed by atoms with Crippen molar-refractivity contribution in [3.63, 3.8) is 0 Å². The van der Waals surface area contributed by atoms with Crippen LogP contribution in [0.15, 0.2) is 24.1 Å². The van der Waals surface area contributed by atoms with Crippen LogP contribution in [0.25, 0.3) is 0 Å². The molecule has 0 aromatic heterocycles. The number of nitrogens with zero attached hydrogens (tertiary/aromatic N) is 1. The predicted octanol–water partition coefficient (Wildman–Crippen LogP) is 2.97. The molecule has 1 aliphatic rings. The fourth-order valence-corrected chi connectivity index (χ4v) is 1.17. The first kappa shape index (κ1) is 10.7. The topological polar surface area (TPSA) is 12.5 Å². The Morgan fingerprint density at radius 1 is 1.54 bits per heavy atom. The van der Waals surface area contributed by atoms with E-state index in [-0.39, 0.29) is 11.8 Å². The lowest BCUT2D eigenvalue weighted by Gasteiger charge is -2.22. The summed E-state index contributed by atoms with van der Waals surface area (Å²) in [6, 6.07) is -0.0945. The van der Waals surface area contributed by atoms with Gasteiger partial charge in [-0.3, -0.25) is 0 Å². The third kappa shape index (κ3) is 3.45. The van der Waals surface area contributed by atoms with E-state index in [1.807, 2.05) is 22.9 Å². The van der Waals surface area contributed by atoms with Gasteiger partial charge in [0, 0.05) is 6.20 Å². The van der Waals surface area contributed by atoms with Crippen LogP contribution < -0.4 is 0 Å². The number of alkyl halides is 3. The molecule has 0 aliphatic carbocycles. The van der Waals surface area contributed by atoms with E-state index in [1.165, 1.54) is 18.4 Å². The lowest BCUT2D eigenvalue weighted by molar-refractivity contribution is -0.303. The maximum atomic E-state index is 11.8. The molecule has 0 amide bonds. The minimum absolute atomic E-state index is 0.0945. The minimum Gasteiger partial charge on any atom is -0.406 e. The highest BCUT2D eigenvalue weighted by molar-refractivity contribution is 14.1. The first-order valence-corrected chi connectivity index (χ1v) is 4.45. The molecule has 74 valence electrons. The first-order chi connectivity index (χ1) is 5.88. The van der Waals surface area contributed by atoms with Gasteiger partial charge in [0.15, 0.2) is 0 Å². The summed E-state index contributed by atoms with van der Waals surface area (Å²) < 4.78 is 40.7. The molecule has 0 bridgehead atoms. The highest BCUT2D eigenvalue weighted by atomic mass is 127. The maximum absolute atomic E-state index is 11.8. The quantitative estimate of drug-likeness (QED) is 0.545. The van der Waals surface area contributed by atoms with E-state index in [1.54, 1.807) is 10.0 Å². The Balaban J connectivity index is 2.64. The van der Waals surface area contributed by atoms with Gasteiger partial charge in [-0.05, 0) is 19.1 Å². The molecule has 1 atom stereocenters. The van der Waals surface area contributed by atoms with E-state index in [9.17, 15) is 13.2 Å². The molecule has 0 aromatic carbocycles. The fourth-order valence-electron chi connectivity index (χ4n) is 0.847. The summed E-state index contributed by atoms with van der Waals surface area (Å²) in [6.45, 7) is 1.77. The van der Waals surface area contributed by atoms with Gasteiger partial charge in [0.05, 0.1) is 28.9 Å². The molecule has 0 fully saturated rings. The maximum Gasteiger partial charge on any atom is 0.573 e. The summed E-state index contributed by atoms with van der Waals surface area (Å²) >= 11 is 2.00. The summed E-state index contributed by atoms with van der Waals surface area (Å²) in [5.74, 6) is -0.159. The average molecular weight is 305 g/mol. The van der Waals surface area contributed by atoms with Crippen LogP contribution in [0, 0.1) is 0 Å². The molecule has 0 spiro atoms. The monoisotopic (exact) mass is 305 g/mol. The van der Waals surface area contributed by atoms with Crippen LogP contribution in [-0.4, -0.2) is 15.5 Å². The summed E-state index contributed by atoms with van der Waals surface area (Å²) in [5, 5.41) is 0. The predicted molar refractivity (Wildman–Crippen MR) is 49.7 cm³/mol. The van der Waals surface area contributed by atoms with Crippen LogP contribution >= 0.6 is 22.9 Å². The summed E-state index contributed by atoms with van der Waals surface area (Å²) in [4.78, 5) is 0. The second kappa shape index (κ2) is 3.77. The molecule has 13 heavy (non-hydrogen) atoms. The van der Waals surface area contributed by atoms with Crippen LogP contribution in [-0.2, 0) is 4.74 Å². The van der Waals surface area contributed by atoms with Gasteiger partial charge in [-0.1, -0.05) is 0 Å². The lowest BCUT2D eigenvalue weighted by Crippen LogP contribution is -2.21.